The Morgan fingerprint density at radius 3 is 2.48 bits per heavy atom. The fourth-order valence-electron chi connectivity index (χ4n) is 2.29. The molecule has 0 saturated carbocycles. The van der Waals surface area contributed by atoms with Crippen molar-refractivity contribution in [3.63, 3.8) is 0 Å². The number of rotatable bonds is 7. The second kappa shape index (κ2) is 9.38. The molecule has 0 spiro atoms. The Labute approximate surface area is 157 Å². The zero-order valence-corrected chi connectivity index (χ0v) is 15.7. The molecule has 0 aliphatic heterocycles. The highest BCUT2D eigenvalue weighted by atomic mass is 16.5. The second-order valence-corrected chi connectivity index (χ2v) is 5.81. The first kappa shape index (κ1) is 20.0. The van der Waals surface area contributed by atoms with Crippen molar-refractivity contribution in [1.29, 1.82) is 0 Å². The van der Waals surface area contributed by atoms with Gasteiger partial charge < -0.3 is 14.2 Å². The lowest BCUT2D eigenvalue weighted by atomic mass is 10.1. The van der Waals surface area contributed by atoms with Crippen molar-refractivity contribution in [2.75, 3.05) is 14.2 Å². The molecule has 7 heteroatoms. The quantitative estimate of drug-likeness (QED) is 0.460. The van der Waals surface area contributed by atoms with E-state index in [0.717, 1.165) is 0 Å². The maximum absolute atomic E-state index is 12.3. The SMILES string of the molecule is COC(=O)c1ccccc1/C=N\NC(=O)c1ccc(OC(C)C)c(OC)c1. The Balaban J connectivity index is 2.12. The first-order valence-corrected chi connectivity index (χ1v) is 8.31. The number of amides is 1. The number of benzene rings is 2. The van der Waals surface area contributed by atoms with E-state index in [-0.39, 0.29) is 6.10 Å². The van der Waals surface area contributed by atoms with Crippen LogP contribution in [0.25, 0.3) is 0 Å². The van der Waals surface area contributed by atoms with Gasteiger partial charge in [0.2, 0.25) is 0 Å². The molecule has 0 atom stereocenters. The van der Waals surface area contributed by atoms with Gasteiger partial charge >= 0.3 is 5.97 Å². The van der Waals surface area contributed by atoms with E-state index in [4.69, 9.17) is 14.2 Å². The lowest BCUT2D eigenvalue weighted by Crippen LogP contribution is -2.18. The molecule has 0 aromatic heterocycles. The third kappa shape index (κ3) is 5.31. The fraction of sp³-hybridized carbons (Fsp3) is 0.250. The van der Waals surface area contributed by atoms with Crippen LogP contribution in [0.3, 0.4) is 0 Å². The van der Waals surface area contributed by atoms with Gasteiger partial charge in [0.1, 0.15) is 0 Å². The highest BCUT2D eigenvalue weighted by Gasteiger charge is 2.12. The molecular formula is C20H22N2O5. The topological polar surface area (TPSA) is 86.2 Å². The lowest BCUT2D eigenvalue weighted by molar-refractivity contribution is 0.0600. The van der Waals surface area contributed by atoms with E-state index in [9.17, 15) is 9.59 Å². The predicted octanol–water partition coefficient (Wildman–Crippen LogP) is 3.03. The number of esters is 1. The smallest absolute Gasteiger partial charge is 0.338 e. The van der Waals surface area contributed by atoms with Crippen LogP contribution in [0.4, 0.5) is 0 Å². The van der Waals surface area contributed by atoms with Crippen molar-refractivity contribution in [2.24, 2.45) is 5.10 Å². The number of hydrogen-bond donors (Lipinski definition) is 1. The van der Waals surface area contributed by atoms with Crippen molar-refractivity contribution in [2.45, 2.75) is 20.0 Å². The Bertz CT molecular complexity index is 846. The van der Waals surface area contributed by atoms with Gasteiger partial charge in [-0.3, -0.25) is 4.79 Å². The fourth-order valence-corrected chi connectivity index (χ4v) is 2.29. The summed E-state index contributed by atoms with van der Waals surface area (Å²) < 4.78 is 15.6. The van der Waals surface area contributed by atoms with Crippen molar-refractivity contribution >= 4 is 18.1 Å². The van der Waals surface area contributed by atoms with Gasteiger partial charge in [0.25, 0.3) is 5.91 Å². The molecule has 0 radical (unpaired) electrons. The van der Waals surface area contributed by atoms with Crippen LogP contribution < -0.4 is 14.9 Å². The lowest BCUT2D eigenvalue weighted by Gasteiger charge is -2.14. The average Bonchev–Trinajstić information content (AvgIpc) is 2.67. The average molecular weight is 370 g/mol. The molecule has 7 nitrogen and oxygen atoms in total. The molecule has 142 valence electrons. The monoisotopic (exact) mass is 370 g/mol. The summed E-state index contributed by atoms with van der Waals surface area (Å²) in [6.07, 6.45) is 1.37. The molecule has 27 heavy (non-hydrogen) atoms. The molecule has 0 bridgehead atoms. The zero-order chi connectivity index (χ0) is 19.8. The summed E-state index contributed by atoms with van der Waals surface area (Å²) in [6, 6.07) is 11.7. The molecule has 0 saturated heterocycles. The number of methoxy groups -OCH3 is 2. The van der Waals surface area contributed by atoms with E-state index in [2.05, 4.69) is 10.5 Å². The molecule has 0 unspecified atom stereocenters. The van der Waals surface area contributed by atoms with E-state index in [1.54, 1.807) is 42.5 Å². The zero-order valence-electron chi connectivity index (χ0n) is 15.7. The summed E-state index contributed by atoms with van der Waals surface area (Å²) in [7, 11) is 2.81. The predicted molar refractivity (Wildman–Crippen MR) is 102 cm³/mol. The first-order chi connectivity index (χ1) is 13.0. The van der Waals surface area contributed by atoms with Crippen LogP contribution >= 0.6 is 0 Å². The van der Waals surface area contributed by atoms with Crippen molar-refractivity contribution < 1.29 is 23.8 Å². The minimum atomic E-state index is -0.478. The molecule has 0 heterocycles. The number of nitrogens with one attached hydrogen (secondary N) is 1. The highest BCUT2D eigenvalue weighted by Crippen LogP contribution is 2.28. The summed E-state index contributed by atoms with van der Waals surface area (Å²) >= 11 is 0. The minimum absolute atomic E-state index is 0.0157. The Morgan fingerprint density at radius 2 is 1.81 bits per heavy atom. The van der Waals surface area contributed by atoms with Crippen LogP contribution in [0.15, 0.2) is 47.6 Å². The number of hydrazone groups is 1. The number of ether oxygens (including phenoxy) is 3. The van der Waals surface area contributed by atoms with Gasteiger partial charge in [-0.25, -0.2) is 10.2 Å². The Hall–Kier alpha value is -3.35. The van der Waals surface area contributed by atoms with Gasteiger partial charge in [0.15, 0.2) is 11.5 Å². The molecule has 0 aliphatic carbocycles. The van der Waals surface area contributed by atoms with Crippen molar-refractivity contribution in [1.82, 2.24) is 5.43 Å². The molecule has 0 fully saturated rings. The van der Waals surface area contributed by atoms with Crippen molar-refractivity contribution in [3.05, 3.63) is 59.2 Å². The van der Waals surface area contributed by atoms with Gasteiger partial charge in [0, 0.05) is 11.1 Å². The van der Waals surface area contributed by atoms with Crippen LogP contribution in [-0.2, 0) is 4.74 Å². The summed E-state index contributed by atoms with van der Waals surface area (Å²) in [5, 5.41) is 3.92. The normalized spacial score (nSPS) is 10.7. The van der Waals surface area contributed by atoms with Crippen LogP contribution in [0, 0.1) is 0 Å². The van der Waals surface area contributed by atoms with Gasteiger partial charge in [-0.2, -0.15) is 5.10 Å². The third-order valence-corrected chi connectivity index (χ3v) is 3.52. The summed E-state index contributed by atoms with van der Waals surface area (Å²) in [5.74, 6) is 0.112. The number of carbonyl (C=O) groups excluding carboxylic acids is 2. The molecule has 2 aromatic carbocycles. The minimum Gasteiger partial charge on any atom is -0.493 e. The van der Waals surface area contributed by atoms with Crippen LogP contribution in [-0.4, -0.2) is 38.4 Å². The molecule has 0 aliphatic rings. The van der Waals surface area contributed by atoms with Crippen LogP contribution in [0.2, 0.25) is 0 Å². The highest BCUT2D eigenvalue weighted by molar-refractivity contribution is 6.00. The maximum atomic E-state index is 12.3. The van der Waals surface area contributed by atoms with Crippen molar-refractivity contribution in [3.8, 4) is 11.5 Å². The summed E-state index contributed by atoms with van der Waals surface area (Å²) in [4.78, 5) is 24.0. The van der Waals surface area contributed by atoms with E-state index in [0.29, 0.717) is 28.2 Å². The number of carbonyl (C=O) groups is 2. The molecule has 2 aromatic rings. The van der Waals surface area contributed by atoms with Crippen LogP contribution in [0.5, 0.6) is 11.5 Å². The first-order valence-electron chi connectivity index (χ1n) is 8.31. The van der Waals surface area contributed by atoms with Gasteiger partial charge in [-0.15, -0.1) is 0 Å². The van der Waals surface area contributed by atoms with Gasteiger partial charge in [0.05, 0.1) is 32.1 Å². The van der Waals surface area contributed by atoms with Gasteiger partial charge in [-0.05, 0) is 38.1 Å². The van der Waals surface area contributed by atoms with E-state index in [1.807, 2.05) is 13.8 Å². The second-order valence-electron chi connectivity index (χ2n) is 5.81. The number of hydrogen-bond acceptors (Lipinski definition) is 6. The molecule has 2 rings (SSSR count). The van der Waals surface area contributed by atoms with E-state index < -0.39 is 11.9 Å². The molecular weight excluding hydrogens is 348 g/mol. The van der Waals surface area contributed by atoms with E-state index in [1.165, 1.54) is 20.4 Å². The molecule has 1 N–H and O–H groups in total. The largest absolute Gasteiger partial charge is 0.493 e. The van der Waals surface area contributed by atoms with Crippen LogP contribution in [0.1, 0.15) is 40.1 Å². The third-order valence-electron chi connectivity index (χ3n) is 3.52. The molecule has 1 amide bonds. The summed E-state index contributed by atoms with van der Waals surface area (Å²) in [6.45, 7) is 3.81. The maximum Gasteiger partial charge on any atom is 0.338 e. The number of nitrogens with zero attached hydrogens (tertiary/aromatic N) is 1. The Morgan fingerprint density at radius 1 is 1.07 bits per heavy atom. The standard InChI is InChI=1S/C20H22N2O5/c1-13(2)27-17-10-9-14(11-18(17)25-3)19(23)22-21-12-15-7-5-6-8-16(15)20(24)26-4/h5-13H,1-4H3,(H,22,23)/b21-12-. The Kier molecular flexibility index (Phi) is 6.93. The van der Waals surface area contributed by atoms with E-state index >= 15 is 0 Å². The van der Waals surface area contributed by atoms with Gasteiger partial charge in [-0.1, -0.05) is 18.2 Å². The summed E-state index contributed by atoms with van der Waals surface area (Å²) in [5.41, 5.74) is 3.67.